The van der Waals surface area contributed by atoms with Crippen LogP contribution in [0.15, 0.2) is 18.3 Å². The fraction of sp³-hybridized carbons (Fsp3) is 0.667. The predicted octanol–water partition coefficient (Wildman–Crippen LogP) is 2.40. The number of piperidine rings is 1. The molecule has 2 aliphatic rings. The Morgan fingerprint density at radius 1 is 1.36 bits per heavy atom. The number of aromatic nitrogens is 1. The Balaban J connectivity index is 1.96. The van der Waals surface area contributed by atoms with Crippen molar-refractivity contribution in [1.82, 2.24) is 4.57 Å². The number of hydrogen-bond donors (Lipinski definition) is 0. The van der Waals surface area contributed by atoms with Crippen LogP contribution in [0.2, 0.25) is 0 Å². The highest BCUT2D eigenvalue weighted by Gasteiger charge is 2.43. The van der Waals surface area contributed by atoms with E-state index in [-0.39, 0.29) is 0 Å². The maximum Gasteiger partial charge on any atom is 0.108 e. The average Bonchev–Trinajstić information content (AvgIpc) is 2.81. The molecule has 3 atom stereocenters. The Kier molecular flexibility index (Phi) is 1.67. The largest absolute Gasteiger partial charge is 0.352 e. The Labute approximate surface area is 85.5 Å². The lowest BCUT2D eigenvalue weighted by atomic mass is 10.0. The topological polar surface area (TPSA) is 8.17 Å². The summed E-state index contributed by atoms with van der Waals surface area (Å²) in [5, 5.41) is 0. The van der Waals surface area contributed by atoms with Crippen molar-refractivity contribution < 1.29 is 0 Å². The molecule has 3 rings (SSSR count). The van der Waals surface area contributed by atoms with Gasteiger partial charge >= 0.3 is 0 Å². The van der Waals surface area contributed by atoms with Crippen molar-refractivity contribution in [2.75, 3.05) is 4.90 Å². The highest BCUT2D eigenvalue weighted by atomic mass is 15.3. The number of hydrogen-bond acceptors (Lipinski definition) is 1. The second-order valence-corrected chi connectivity index (χ2v) is 4.85. The van der Waals surface area contributed by atoms with E-state index in [0.29, 0.717) is 0 Å². The molecule has 0 aromatic carbocycles. The summed E-state index contributed by atoms with van der Waals surface area (Å²) in [6.45, 7) is 2.39. The summed E-state index contributed by atoms with van der Waals surface area (Å²) in [6.07, 6.45) is 6.42. The van der Waals surface area contributed by atoms with Gasteiger partial charge in [-0.2, -0.15) is 0 Å². The molecule has 1 aliphatic heterocycles. The van der Waals surface area contributed by atoms with Crippen LogP contribution in [0.25, 0.3) is 0 Å². The lowest BCUT2D eigenvalue weighted by Gasteiger charge is -2.35. The minimum atomic E-state index is 0.752. The molecule has 1 aromatic heterocycles. The fourth-order valence-corrected chi connectivity index (χ4v) is 3.36. The van der Waals surface area contributed by atoms with E-state index in [4.69, 9.17) is 0 Å². The molecule has 2 fully saturated rings. The van der Waals surface area contributed by atoms with E-state index in [0.717, 1.165) is 18.0 Å². The molecular weight excluding hydrogens is 172 g/mol. The third kappa shape index (κ3) is 0.969. The van der Waals surface area contributed by atoms with E-state index in [1.165, 1.54) is 25.1 Å². The predicted molar refractivity (Wildman–Crippen MR) is 58.5 cm³/mol. The van der Waals surface area contributed by atoms with Crippen LogP contribution in [-0.2, 0) is 7.05 Å². The Hall–Kier alpha value is -0.920. The van der Waals surface area contributed by atoms with Crippen LogP contribution in [0.1, 0.15) is 26.2 Å². The van der Waals surface area contributed by atoms with Crippen LogP contribution in [0.5, 0.6) is 0 Å². The van der Waals surface area contributed by atoms with E-state index in [9.17, 15) is 0 Å². The van der Waals surface area contributed by atoms with E-state index < -0.39 is 0 Å². The number of aryl methyl sites for hydroxylation is 1. The third-order valence-electron chi connectivity index (χ3n) is 4.14. The molecule has 76 valence electrons. The minimum Gasteiger partial charge on any atom is -0.352 e. The standard InChI is InChI=1S/C12H18N2/c1-9-10-5-6-11(8-10)14(9)12-4-3-7-13(12)2/h3-4,7,9-11H,5-6,8H2,1-2H3/t9-,10?,11?/m0/s1. The van der Waals surface area contributed by atoms with Crippen LogP contribution in [0.4, 0.5) is 5.82 Å². The summed E-state index contributed by atoms with van der Waals surface area (Å²) in [7, 11) is 2.15. The smallest absolute Gasteiger partial charge is 0.108 e. The molecule has 2 heterocycles. The van der Waals surface area contributed by atoms with E-state index in [2.05, 4.69) is 41.8 Å². The van der Waals surface area contributed by atoms with Gasteiger partial charge in [0.2, 0.25) is 0 Å². The van der Waals surface area contributed by atoms with Crippen molar-refractivity contribution >= 4 is 5.82 Å². The van der Waals surface area contributed by atoms with Crippen molar-refractivity contribution in [2.45, 2.75) is 38.3 Å². The summed E-state index contributed by atoms with van der Waals surface area (Å²) in [6, 6.07) is 5.97. The van der Waals surface area contributed by atoms with Crippen LogP contribution in [-0.4, -0.2) is 16.7 Å². The van der Waals surface area contributed by atoms with Gasteiger partial charge in [0.15, 0.2) is 0 Å². The van der Waals surface area contributed by atoms with E-state index in [1.54, 1.807) is 0 Å². The molecule has 2 nitrogen and oxygen atoms in total. The average molecular weight is 190 g/mol. The molecule has 0 N–H and O–H groups in total. The Bertz CT molecular complexity index is 340. The summed E-state index contributed by atoms with van der Waals surface area (Å²) in [4.78, 5) is 2.63. The molecule has 0 amide bonds. The number of anilines is 1. The monoisotopic (exact) mass is 190 g/mol. The summed E-state index contributed by atoms with van der Waals surface area (Å²) in [5.41, 5.74) is 0. The van der Waals surface area contributed by atoms with E-state index in [1.807, 2.05) is 0 Å². The van der Waals surface area contributed by atoms with Crippen molar-refractivity contribution in [3.05, 3.63) is 18.3 Å². The lowest BCUT2D eigenvalue weighted by molar-refractivity contribution is 0.449. The zero-order valence-electron chi connectivity index (χ0n) is 8.98. The summed E-state index contributed by atoms with van der Waals surface area (Å²) < 4.78 is 2.25. The third-order valence-corrected chi connectivity index (χ3v) is 4.14. The van der Waals surface area contributed by atoms with Crippen molar-refractivity contribution in [3.8, 4) is 0 Å². The zero-order valence-corrected chi connectivity index (χ0v) is 8.98. The van der Waals surface area contributed by atoms with Crippen LogP contribution in [0, 0.1) is 5.92 Å². The molecule has 0 spiro atoms. The van der Waals surface area contributed by atoms with Crippen LogP contribution in [0.3, 0.4) is 0 Å². The highest BCUT2D eigenvalue weighted by Crippen LogP contribution is 2.44. The van der Waals surface area contributed by atoms with Gasteiger partial charge in [0.25, 0.3) is 0 Å². The maximum absolute atomic E-state index is 2.63. The molecule has 2 heteroatoms. The van der Waals surface area contributed by atoms with Crippen LogP contribution >= 0.6 is 0 Å². The number of fused-ring (bicyclic) bond motifs is 2. The van der Waals surface area contributed by atoms with Gasteiger partial charge in [-0.15, -0.1) is 0 Å². The zero-order chi connectivity index (χ0) is 9.71. The molecular formula is C12H18N2. The first-order valence-corrected chi connectivity index (χ1v) is 5.67. The number of rotatable bonds is 1. The second-order valence-electron chi connectivity index (χ2n) is 4.85. The molecule has 2 bridgehead atoms. The molecule has 1 saturated heterocycles. The van der Waals surface area contributed by atoms with Gasteiger partial charge in [0.1, 0.15) is 5.82 Å². The Morgan fingerprint density at radius 3 is 2.79 bits per heavy atom. The first-order valence-electron chi connectivity index (χ1n) is 5.67. The maximum atomic E-state index is 2.63. The normalized spacial score (nSPS) is 35.6. The van der Waals surface area contributed by atoms with Gasteiger partial charge in [0, 0.05) is 25.3 Å². The van der Waals surface area contributed by atoms with Gasteiger partial charge in [-0.3, -0.25) is 0 Å². The summed E-state index contributed by atoms with van der Waals surface area (Å²) >= 11 is 0. The highest BCUT2D eigenvalue weighted by molar-refractivity contribution is 5.45. The van der Waals surface area contributed by atoms with Crippen molar-refractivity contribution in [2.24, 2.45) is 13.0 Å². The molecule has 1 aromatic rings. The number of nitrogens with zero attached hydrogens (tertiary/aromatic N) is 2. The van der Waals surface area contributed by atoms with Gasteiger partial charge in [-0.05, 0) is 44.2 Å². The van der Waals surface area contributed by atoms with Gasteiger partial charge < -0.3 is 9.47 Å². The SMILES string of the molecule is C[C@H]1C2CCC(C2)N1c1cccn1C. The Morgan fingerprint density at radius 2 is 2.21 bits per heavy atom. The lowest BCUT2D eigenvalue weighted by Crippen LogP contribution is -2.39. The molecule has 2 unspecified atom stereocenters. The minimum absolute atomic E-state index is 0.752. The van der Waals surface area contributed by atoms with Crippen molar-refractivity contribution in [1.29, 1.82) is 0 Å². The van der Waals surface area contributed by atoms with Crippen LogP contribution < -0.4 is 4.90 Å². The van der Waals surface area contributed by atoms with E-state index >= 15 is 0 Å². The van der Waals surface area contributed by atoms with Crippen molar-refractivity contribution in [3.63, 3.8) is 0 Å². The molecule has 1 aliphatic carbocycles. The fourth-order valence-electron chi connectivity index (χ4n) is 3.36. The first kappa shape index (κ1) is 8.39. The van der Waals surface area contributed by atoms with Gasteiger partial charge in [0.05, 0.1) is 0 Å². The first-order chi connectivity index (χ1) is 6.77. The second kappa shape index (κ2) is 2.78. The summed E-state index contributed by atoms with van der Waals surface area (Å²) in [5.74, 6) is 2.36. The van der Waals surface area contributed by atoms with Gasteiger partial charge in [-0.25, -0.2) is 0 Å². The quantitative estimate of drug-likeness (QED) is 0.660. The van der Waals surface area contributed by atoms with Gasteiger partial charge in [-0.1, -0.05) is 0 Å². The molecule has 1 saturated carbocycles. The molecule has 14 heavy (non-hydrogen) atoms. The molecule has 0 radical (unpaired) electrons.